The highest BCUT2D eigenvalue weighted by molar-refractivity contribution is 6.01. The number of aromatic nitrogens is 1. The van der Waals surface area contributed by atoms with Crippen LogP contribution in [0.4, 0.5) is 4.39 Å². The standard InChI is InChI=1S/C16H19FN2O2/c1-10-13-7-12(17)3-4-14(13)19(2)15(10)16(20)18-8-11-5-6-21-9-11/h3-4,7,11H,5-6,8-9H2,1-2H3,(H,18,20). The Kier molecular flexibility index (Phi) is 3.68. The van der Waals surface area contributed by atoms with Crippen LogP contribution in [0.1, 0.15) is 22.5 Å². The Morgan fingerprint density at radius 1 is 1.52 bits per heavy atom. The maximum atomic E-state index is 13.4. The molecule has 1 fully saturated rings. The van der Waals surface area contributed by atoms with Gasteiger partial charge in [-0.15, -0.1) is 0 Å². The third kappa shape index (κ3) is 2.53. The lowest BCUT2D eigenvalue weighted by Gasteiger charge is -2.11. The summed E-state index contributed by atoms with van der Waals surface area (Å²) in [6.45, 7) is 3.95. The number of halogens is 1. The number of hydrogen-bond donors (Lipinski definition) is 1. The highest BCUT2D eigenvalue weighted by Crippen LogP contribution is 2.25. The predicted molar refractivity (Wildman–Crippen MR) is 78.9 cm³/mol. The lowest BCUT2D eigenvalue weighted by molar-refractivity contribution is 0.0936. The van der Waals surface area contributed by atoms with Crippen LogP contribution in [0.5, 0.6) is 0 Å². The first-order valence-corrected chi connectivity index (χ1v) is 7.18. The van der Waals surface area contributed by atoms with E-state index < -0.39 is 0 Å². The van der Waals surface area contributed by atoms with Crippen molar-refractivity contribution in [1.82, 2.24) is 9.88 Å². The lowest BCUT2D eigenvalue weighted by atomic mass is 10.1. The summed E-state index contributed by atoms with van der Waals surface area (Å²) in [5.41, 5.74) is 2.27. The molecule has 1 aromatic carbocycles. The maximum Gasteiger partial charge on any atom is 0.268 e. The van der Waals surface area contributed by atoms with E-state index in [4.69, 9.17) is 4.74 Å². The molecule has 0 spiro atoms. The van der Waals surface area contributed by atoms with Gasteiger partial charge in [-0.1, -0.05) is 0 Å². The Balaban J connectivity index is 1.86. The first-order valence-electron chi connectivity index (χ1n) is 7.18. The van der Waals surface area contributed by atoms with Crippen LogP contribution in [-0.4, -0.2) is 30.2 Å². The lowest BCUT2D eigenvalue weighted by Crippen LogP contribution is -2.31. The molecule has 5 heteroatoms. The topological polar surface area (TPSA) is 43.3 Å². The second-order valence-corrected chi connectivity index (χ2v) is 5.63. The van der Waals surface area contributed by atoms with Gasteiger partial charge in [0.1, 0.15) is 11.5 Å². The highest BCUT2D eigenvalue weighted by Gasteiger charge is 2.21. The van der Waals surface area contributed by atoms with Crippen LogP contribution in [0.2, 0.25) is 0 Å². The van der Waals surface area contributed by atoms with Crippen LogP contribution >= 0.6 is 0 Å². The van der Waals surface area contributed by atoms with E-state index in [9.17, 15) is 9.18 Å². The Labute approximate surface area is 122 Å². The molecule has 0 radical (unpaired) electrons. The Morgan fingerprint density at radius 2 is 2.33 bits per heavy atom. The number of carbonyl (C=O) groups is 1. The zero-order valence-corrected chi connectivity index (χ0v) is 12.3. The third-order valence-corrected chi connectivity index (χ3v) is 4.20. The number of amides is 1. The number of carbonyl (C=O) groups excluding carboxylic acids is 1. The van der Waals surface area contributed by atoms with Gasteiger partial charge < -0.3 is 14.6 Å². The molecule has 1 aliphatic rings. The molecule has 3 rings (SSSR count). The summed E-state index contributed by atoms with van der Waals surface area (Å²) in [5, 5.41) is 3.75. The van der Waals surface area contributed by atoms with Crippen molar-refractivity contribution in [3.63, 3.8) is 0 Å². The van der Waals surface area contributed by atoms with E-state index in [2.05, 4.69) is 5.32 Å². The molecular weight excluding hydrogens is 271 g/mol. The van der Waals surface area contributed by atoms with Crippen molar-refractivity contribution in [3.8, 4) is 0 Å². The average molecular weight is 290 g/mol. The van der Waals surface area contributed by atoms with E-state index in [1.54, 1.807) is 6.07 Å². The molecule has 21 heavy (non-hydrogen) atoms. The van der Waals surface area contributed by atoms with Crippen LogP contribution in [0.25, 0.3) is 10.9 Å². The van der Waals surface area contributed by atoms with Gasteiger partial charge in [-0.05, 0) is 37.1 Å². The van der Waals surface area contributed by atoms with Crippen molar-refractivity contribution in [2.75, 3.05) is 19.8 Å². The number of fused-ring (bicyclic) bond motifs is 1. The number of nitrogens with zero attached hydrogens (tertiary/aromatic N) is 1. The minimum absolute atomic E-state index is 0.112. The molecule has 4 nitrogen and oxygen atoms in total. The van der Waals surface area contributed by atoms with Crippen molar-refractivity contribution >= 4 is 16.8 Å². The van der Waals surface area contributed by atoms with Crippen molar-refractivity contribution in [3.05, 3.63) is 35.3 Å². The molecule has 0 saturated carbocycles. The fourth-order valence-corrected chi connectivity index (χ4v) is 2.99. The second kappa shape index (κ2) is 5.48. The molecule has 112 valence electrons. The van der Waals surface area contributed by atoms with Gasteiger partial charge in [0.05, 0.1) is 6.61 Å². The summed E-state index contributed by atoms with van der Waals surface area (Å²) in [4.78, 5) is 12.4. The Bertz CT molecular complexity index is 687. The molecule has 1 unspecified atom stereocenters. The second-order valence-electron chi connectivity index (χ2n) is 5.63. The Morgan fingerprint density at radius 3 is 3.05 bits per heavy atom. The summed E-state index contributed by atoms with van der Waals surface area (Å²) in [6, 6.07) is 4.60. The summed E-state index contributed by atoms with van der Waals surface area (Å²) < 4.78 is 20.5. The van der Waals surface area contributed by atoms with E-state index in [0.29, 0.717) is 24.8 Å². The van der Waals surface area contributed by atoms with Crippen LogP contribution in [0.3, 0.4) is 0 Å². The number of ether oxygens (including phenoxy) is 1. The third-order valence-electron chi connectivity index (χ3n) is 4.20. The molecule has 2 heterocycles. The molecule has 2 aromatic rings. The first-order chi connectivity index (χ1) is 10.1. The fraction of sp³-hybridized carbons (Fsp3) is 0.438. The van der Waals surface area contributed by atoms with Crippen molar-refractivity contribution < 1.29 is 13.9 Å². The van der Waals surface area contributed by atoms with Gasteiger partial charge in [-0.2, -0.15) is 0 Å². The summed E-state index contributed by atoms with van der Waals surface area (Å²) in [5.74, 6) is -0.00819. The van der Waals surface area contributed by atoms with Gasteiger partial charge in [0, 0.05) is 37.0 Å². The van der Waals surface area contributed by atoms with Crippen LogP contribution in [-0.2, 0) is 11.8 Å². The van der Waals surface area contributed by atoms with Crippen molar-refractivity contribution in [2.24, 2.45) is 13.0 Å². The maximum absolute atomic E-state index is 13.4. The highest BCUT2D eigenvalue weighted by atomic mass is 19.1. The summed E-state index contributed by atoms with van der Waals surface area (Å²) >= 11 is 0. The van der Waals surface area contributed by atoms with E-state index in [0.717, 1.165) is 29.5 Å². The molecular formula is C16H19FN2O2. The smallest absolute Gasteiger partial charge is 0.268 e. The molecule has 1 saturated heterocycles. The zero-order chi connectivity index (χ0) is 15.0. The van der Waals surface area contributed by atoms with Gasteiger partial charge in [-0.25, -0.2) is 4.39 Å². The number of rotatable bonds is 3. The normalized spacial score (nSPS) is 18.3. The number of aryl methyl sites for hydroxylation is 2. The first kappa shape index (κ1) is 14.1. The molecule has 1 amide bonds. The number of nitrogens with one attached hydrogen (secondary N) is 1. The molecule has 1 atom stereocenters. The van der Waals surface area contributed by atoms with Gasteiger partial charge in [0.2, 0.25) is 0 Å². The molecule has 0 aliphatic carbocycles. The Hall–Kier alpha value is -1.88. The van der Waals surface area contributed by atoms with Crippen LogP contribution in [0.15, 0.2) is 18.2 Å². The molecule has 1 aliphatic heterocycles. The summed E-state index contributed by atoms with van der Waals surface area (Å²) in [6.07, 6.45) is 0.986. The van der Waals surface area contributed by atoms with Crippen LogP contribution in [0, 0.1) is 18.7 Å². The minimum atomic E-state index is -0.286. The van der Waals surface area contributed by atoms with E-state index in [1.165, 1.54) is 12.1 Å². The van der Waals surface area contributed by atoms with E-state index in [1.807, 2.05) is 18.5 Å². The van der Waals surface area contributed by atoms with Gasteiger partial charge in [0.15, 0.2) is 0 Å². The van der Waals surface area contributed by atoms with Gasteiger partial charge >= 0.3 is 0 Å². The van der Waals surface area contributed by atoms with E-state index in [-0.39, 0.29) is 11.7 Å². The van der Waals surface area contributed by atoms with Crippen molar-refractivity contribution in [1.29, 1.82) is 0 Å². The van der Waals surface area contributed by atoms with Gasteiger partial charge in [0.25, 0.3) is 5.91 Å². The fourth-order valence-electron chi connectivity index (χ4n) is 2.99. The molecule has 1 aromatic heterocycles. The zero-order valence-electron chi connectivity index (χ0n) is 12.3. The minimum Gasteiger partial charge on any atom is -0.381 e. The largest absolute Gasteiger partial charge is 0.381 e. The van der Waals surface area contributed by atoms with Crippen LogP contribution < -0.4 is 5.32 Å². The average Bonchev–Trinajstić information content (AvgIpc) is 3.05. The molecule has 1 N–H and O–H groups in total. The monoisotopic (exact) mass is 290 g/mol. The number of benzene rings is 1. The summed E-state index contributed by atoms with van der Waals surface area (Å²) in [7, 11) is 1.83. The van der Waals surface area contributed by atoms with E-state index >= 15 is 0 Å². The quantitative estimate of drug-likeness (QED) is 0.943. The van der Waals surface area contributed by atoms with Crippen molar-refractivity contribution in [2.45, 2.75) is 13.3 Å². The predicted octanol–water partition coefficient (Wildman–Crippen LogP) is 2.39. The SMILES string of the molecule is Cc1c(C(=O)NCC2CCOC2)n(C)c2ccc(F)cc12. The van der Waals surface area contributed by atoms with Gasteiger partial charge in [-0.3, -0.25) is 4.79 Å². The number of hydrogen-bond acceptors (Lipinski definition) is 2. The molecule has 0 bridgehead atoms.